The first-order valence-electron chi connectivity index (χ1n) is 11.4. The quantitative estimate of drug-likeness (QED) is 0.655. The van der Waals surface area contributed by atoms with E-state index in [1.165, 1.54) is 0 Å². The van der Waals surface area contributed by atoms with Crippen LogP contribution in [0.15, 0.2) is 60.3 Å². The summed E-state index contributed by atoms with van der Waals surface area (Å²) in [6.07, 6.45) is 3.03. The number of Topliss-reactive ketones (excluding diaryl/α,β-unsaturated/α-hetero) is 1. The highest BCUT2D eigenvalue weighted by Gasteiger charge is 2.45. The number of ether oxygens (including phenoxy) is 1. The van der Waals surface area contributed by atoms with Crippen LogP contribution in [-0.2, 0) is 9.59 Å². The molecule has 5 nitrogen and oxygen atoms in total. The second kappa shape index (κ2) is 8.45. The molecule has 2 unspecified atom stereocenters. The standard InChI is InChI=1S/C27H32N2O3/c1-6-24(31)29-22-10-8-7-9-20(22)28-21-15-27(4,5)16-23(30)25(21)26(29)18-11-13-19(14-12-18)32-17(2)3/h7-15,17,25-26,28H,6,16H2,1-5H3. The molecule has 1 amide bonds. The van der Waals surface area contributed by atoms with Crippen molar-refractivity contribution >= 4 is 23.1 Å². The summed E-state index contributed by atoms with van der Waals surface area (Å²) in [5, 5.41) is 3.52. The second-order valence-electron chi connectivity index (χ2n) is 9.65. The highest BCUT2D eigenvalue weighted by molar-refractivity contribution is 6.01. The minimum Gasteiger partial charge on any atom is -0.491 e. The molecule has 168 valence electrons. The van der Waals surface area contributed by atoms with E-state index < -0.39 is 12.0 Å². The number of carbonyl (C=O) groups is 2. The van der Waals surface area contributed by atoms with Gasteiger partial charge in [-0.05, 0) is 49.1 Å². The second-order valence-corrected chi connectivity index (χ2v) is 9.65. The summed E-state index contributed by atoms with van der Waals surface area (Å²) in [4.78, 5) is 28.7. The minimum atomic E-state index is -0.456. The van der Waals surface area contributed by atoms with Gasteiger partial charge in [0.25, 0.3) is 0 Å². The van der Waals surface area contributed by atoms with Crippen molar-refractivity contribution in [2.75, 3.05) is 10.2 Å². The average Bonchev–Trinajstić information content (AvgIpc) is 2.86. The van der Waals surface area contributed by atoms with E-state index >= 15 is 0 Å². The summed E-state index contributed by atoms with van der Waals surface area (Å²) in [5.41, 5.74) is 3.20. The van der Waals surface area contributed by atoms with Crippen LogP contribution in [0.3, 0.4) is 0 Å². The molecule has 5 heteroatoms. The van der Waals surface area contributed by atoms with Gasteiger partial charge >= 0.3 is 0 Å². The van der Waals surface area contributed by atoms with E-state index in [2.05, 4.69) is 25.2 Å². The Bertz CT molecular complexity index is 1050. The van der Waals surface area contributed by atoms with Crippen LogP contribution in [0.25, 0.3) is 0 Å². The number of fused-ring (bicyclic) bond motifs is 2. The molecule has 0 saturated heterocycles. The van der Waals surface area contributed by atoms with Crippen LogP contribution in [0.4, 0.5) is 11.4 Å². The summed E-state index contributed by atoms with van der Waals surface area (Å²) in [5.74, 6) is 0.457. The Morgan fingerprint density at radius 1 is 1.16 bits per heavy atom. The number of carbonyl (C=O) groups excluding carboxylic acids is 2. The number of para-hydroxylation sites is 2. The van der Waals surface area contributed by atoms with Crippen LogP contribution in [-0.4, -0.2) is 17.8 Å². The SMILES string of the molecule is CCC(=O)N1c2ccccc2NC2=CC(C)(C)CC(=O)C2C1c1ccc(OC(C)C)cc1. The van der Waals surface area contributed by atoms with Gasteiger partial charge in [0.2, 0.25) is 5.91 Å². The number of amides is 1. The van der Waals surface area contributed by atoms with Gasteiger partial charge in [-0.25, -0.2) is 0 Å². The lowest BCUT2D eigenvalue weighted by Crippen LogP contribution is -2.43. The van der Waals surface area contributed by atoms with E-state index in [0.29, 0.717) is 12.8 Å². The average molecular weight is 433 g/mol. The molecule has 0 saturated carbocycles. The molecule has 4 rings (SSSR count). The summed E-state index contributed by atoms with van der Waals surface area (Å²) in [6, 6.07) is 15.2. The van der Waals surface area contributed by atoms with Gasteiger partial charge in [-0.2, -0.15) is 0 Å². The molecule has 0 radical (unpaired) electrons. The van der Waals surface area contributed by atoms with Crippen molar-refractivity contribution in [2.45, 2.75) is 59.6 Å². The Kier molecular flexibility index (Phi) is 5.85. The van der Waals surface area contributed by atoms with Gasteiger partial charge in [0, 0.05) is 18.5 Å². The number of benzene rings is 2. The smallest absolute Gasteiger partial charge is 0.227 e. The minimum absolute atomic E-state index is 0.00867. The molecule has 2 aliphatic rings. The molecule has 32 heavy (non-hydrogen) atoms. The van der Waals surface area contributed by atoms with Gasteiger partial charge < -0.3 is 15.0 Å². The Morgan fingerprint density at radius 3 is 2.50 bits per heavy atom. The Balaban J connectivity index is 1.91. The zero-order valence-corrected chi connectivity index (χ0v) is 19.5. The zero-order chi connectivity index (χ0) is 23.0. The van der Waals surface area contributed by atoms with Crippen molar-refractivity contribution in [1.82, 2.24) is 0 Å². The van der Waals surface area contributed by atoms with Crippen LogP contribution in [0.2, 0.25) is 0 Å². The van der Waals surface area contributed by atoms with Gasteiger partial charge in [0.05, 0.1) is 29.4 Å². The van der Waals surface area contributed by atoms with Crippen molar-refractivity contribution in [1.29, 1.82) is 0 Å². The fourth-order valence-electron chi connectivity index (χ4n) is 4.82. The van der Waals surface area contributed by atoms with Crippen molar-refractivity contribution in [3.63, 3.8) is 0 Å². The Labute approximate surface area is 190 Å². The molecule has 0 bridgehead atoms. The molecule has 1 heterocycles. The molecular formula is C27H32N2O3. The summed E-state index contributed by atoms with van der Waals surface area (Å²) < 4.78 is 5.82. The lowest BCUT2D eigenvalue weighted by molar-refractivity contribution is -0.125. The van der Waals surface area contributed by atoms with Crippen molar-refractivity contribution in [3.8, 4) is 5.75 Å². The number of nitrogens with zero attached hydrogens (tertiary/aromatic N) is 1. The molecule has 2 aromatic carbocycles. The fraction of sp³-hybridized carbons (Fsp3) is 0.407. The topological polar surface area (TPSA) is 58.6 Å². The van der Waals surface area contributed by atoms with Crippen LogP contribution in [0.5, 0.6) is 5.75 Å². The molecular weight excluding hydrogens is 400 g/mol. The van der Waals surface area contributed by atoms with E-state index in [1.807, 2.05) is 74.2 Å². The predicted octanol–water partition coefficient (Wildman–Crippen LogP) is 5.88. The van der Waals surface area contributed by atoms with Crippen LogP contribution in [0.1, 0.15) is 59.1 Å². The Morgan fingerprint density at radius 2 is 1.84 bits per heavy atom. The maximum atomic E-state index is 13.6. The summed E-state index contributed by atoms with van der Waals surface area (Å²) in [6.45, 7) is 10.00. The molecule has 0 spiro atoms. The molecule has 1 N–H and O–H groups in total. The van der Waals surface area contributed by atoms with Gasteiger partial charge in [-0.1, -0.05) is 51.1 Å². The number of rotatable bonds is 4. The fourth-order valence-corrected chi connectivity index (χ4v) is 4.82. The summed E-state index contributed by atoms with van der Waals surface area (Å²) in [7, 11) is 0. The summed E-state index contributed by atoms with van der Waals surface area (Å²) >= 11 is 0. The third-order valence-corrected chi connectivity index (χ3v) is 6.06. The maximum Gasteiger partial charge on any atom is 0.227 e. The number of allylic oxidation sites excluding steroid dienone is 1. The lowest BCUT2D eigenvalue weighted by atomic mass is 9.72. The van der Waals surface area contributed by atoms with Crippen molar-refractivity contribution < 1.29 is 14.3 Å². The first kappa shape index (κ1) is 22.1. The number of anilines is 2. The largest absolute Gasteiger partial charge is 0.491 e. The zero-order valence-electron chi connectivity index (χ0n) is 19.5. The molecule has 2 aromatic rings. The van der Waals surface area contributed by atoms with Crippen molar-refractivity contribution in [3.05, 3.63) is 65.9 Å². The normalized spacial score (nSPS) is 21.8. The third kappa shape index (κ3) is 4.16. The highest BCUT2D eigenvalue weighted by atomic mass is 16.5. The molecule has 1 aliphatic heterocycles. The van der Waals surface area contributed by atoms with E-state index in [4.69, 9.17) is 4.74 Å². The van der Waals surface area contributed by atoms with Gasteiger partial charge in [-0.3, -0.25) is 9.59 Å². The van der Waals surface area contributed by atoms with Crippen molar-refractivity contribution in [2.24, 2.45) is 11.3 Å². The lowest BCUT2D eigenvalue weighted by Gasteiger charge is -2.39. The van der Waals surface area contributed by atoms with Crippen LogP contribution in [0, 0.1) is 11.3 Å². The number of hydrogen-bond acceptors (Lipinski definition) is 4. The Hall–Kier alpha value is -3.08. The van der Waals surface area contributed by atoms with E-state index in [-0.39, 0.29) is 23.2 Å². The first-order chi connectivity index (χ1) is 15.2. The first-order valence-corrected chi connectivity index (χ1v) is 11.4. The molecule has 1 aliphatic carbocycles. The molecule has 2 atom stereocenters. The van der Waals surface area contributed by atoms with Gasteiger partial charge in [0.1, 0.15) is 11.5 Å². The van der Waals surface area contributed by atoms with E-state index in [9.17, 15) is 9.59 Å². The van der Waals surface area contributed by atoms with E-state index in [1.54, 1.807) is 0 Å². The van der Waals surface area contributed by atoms with Gasteiger partial charge in [-0.15, -0.1) is 0 Å². The number of nitrogens with one attached hydrogen (secondary N) is 1. The maximum absolute atomic E-state index is 13.6. The van der Waals surface area contributed by atoms with E-state index in [0.717, 1.165) is 28.4 Å². The highest BCUT2D eigenvalue weighted by Crippen LogP contribution is 2.48. The van der Waals surface area contributed by atoms with Crippen LogP contribution < -0.4 is 15.0 Å². The van der Waals surface area contributed by atoms with Gasteiger partial charge in [0.15, 0.2) is 0 Å². The molecule has 0 fully saturated rings. The third-order valence-electron chi connectivity index (χ3n) is 6.06. The number of hydrogen-bond donors (Lipinski definition) is 1. The monoisotopic (exact) mass is 432 g/mol. The molecule has 0 aromatic heterocycles. The van der Waals surface area contributed by atoms with Crippen LogP contribution >= 0.6 is 0 Å². The predicted molar refractivity (Wildman–Crippen MR) is 128 cm³/mol. The number of ketones is 1.